The van der Waals surface area contributed by atoms with E-state index in [1.165, 1.54) is 23.9 Å². The summed E-state index contributed by atoms with van der Waals surface area (Å²) in [6.07, 6.45) is 0.929. The molecule has 2 aromatic rings. The zero-order valence-corrected chi connectivity index (χ0v) is 14.5. The van der Waals surface area contributed by atoms with E-state index in [4.69, 9.17) is 5.14 Å². The Morgan fingerprint density at radius 3 is 2.64 bits per heavy atom. The molecular weight excluding hydrogens is 322 g/mol. The van der Waals surface area contributed by atoms with Crippen molar-refractivity contribution in [3.8, 4) is 0 Å². The lowest BCUT2D eigenvalue weighted by molar-refractivity contribution is 0.107. The first-order valence-electron chi connectivity index (χ1n) is 7.00. The first-order valence-corrected chi connectivity index (χ1v) is 9.53. The van der Waals surface area contributed by atoms with Gasteiger partial charge in [0, 0.05) is 12.3 Å². The molecule has 0 saturated carbocycles. The first kappa shape index (κ1) is 17.3. The summed E-state index contributed by atoms with van der Waals surface area (Å²) in [4.78, 5) is 4.56. The van der Waals surface area contributed by atoms with Gasteiger partial charge in [-0.15, -0.1) is 0 Å². The zero-order valence-electron chi connectivity index (χ0n) is 12.9. The lowest BCUT2D eigenvalue weighted by Crippen LogP contribution is -2.22. The Labute approximate surface area is 134 Å². The summed E-state index contributed by atoms with van der Waals surface area (Å²) in [5, 5.41) is 15.8. The normalized spacial score (nSPS) is 13.0. The smallest absolute Gasteiger partial charge is 0.238 e. The fourth-order valence-corrected chi connectivity index (χ4v) is 3.58. The van der Waals surface area contributed by atoms with Crippen LogP contribution in [0.5, 0.6) is 0 Å². The number of hydrogen-bond donors (Lipinski definition) is 2. The van der Waals surface area contributed by atoms with Crippen molar-refractivity contribution in [3.05, 3.63) is 18.2 Å². The molecule has 2 rings (SSSR count). The van der Waals surface area contributed by atoms with Crippen molar-refractivity contribution in [1.29, 1.82) is 0 Å². The molecule has 0 atom stereocenters. The Kier molecular flexibility index (Phi) is 4.86. The molecule has 122 valence electrons. The number of thioether (sulfide) groups is 1. The number of aromatic nitrogens is 2. The summed E-state index contributed by atoms with van der Waals surface area (Å²) >= 11 is 1.45. The zero-order chi connectivity index (χ0) is 16.5. The number of nitrogens with two attached hydrogens (primary N) is 1. The highest BCUT2D eigenvalue weighted by Gasteiger charge is 2.18. The van der Waals surface area contributed by atoms with Crippen LogP contribution in [0.15, 0.2) is 28.3 Å². The Hall–Kier alpha value is -1.09. The van der Waals surface area contributed by atoms with Crippen LogP contribution < -0.4 is 5.14 Å². The van der Waals surface area contributed by atoms with Gasteiger partial charge in [0.25, 0.3) is 0 Å². The van der Waals surface area contributed by atoms with Crippen LogP contribution in [0.2, 0.25) is 0 Å². The number of fused-ring (bicyclic) bond motifs is 1. The Morgan fingerprint density at radius 2 is 2.09 bits per heavy atom. The molecule has 0 aliphatic heterocycles. The van der Waals surface area contributed by atoms with Crippen LogP contribution in [-0.4, -0.2) is 34.4 Å². The van der Waals surface area contributed by atoms with E-state index in [9.17, 15) is 13.5 Å². The molecule has 1 aromatic carbocycles. The SMILES string of the molecule is CCCn1c(SCC(C)(C)O)nc2cc(S(N)(=O)=O)ccc21. The Morgan fingerprint density at radius 1 is 1.41 bits per heavy atom. The average molecular weight is 343 g/mol. The van der Waals surface area contributed by atoms with Crippen molar-refractivity contribution in [3.63, 3.8) is 0 Å². The maximum absolute atomic E-state index is 11.5. The highest BCUT2D eigenvalue weighted by atomic mass is 32.2. The van der Waals surface area contributed by atoms with Gasteiger partial charge in [0.05, 0.1) is 21.5 Å². The molecule has 0 radical (unpaired) electrons. The summed E-state index contributed by atoms with van der Waals surface area (Å²) in [6, 6.07) is 4.72. The number of sulfonamides is 1. The molecule has 0 spiro atoms. The van der Waals surface area contributed by atoms with E-state index in [1.54, 1.807) is 19.9 Å². The van der Waals surface area contributed by atoms with E-state index >= 15 is 0 Å². The minimum atomic E-state index is -3.74. The minimum absolute atomic E-state index is 0.0557. The number of rotatable bonds is 6. The number of primary sulfonamides is 1. The number of benzene rings is 1. The average Bonchev–Trinajstić information content (AvgIpc) is 2.72. The summed E-state index contributed by atoms with van der Waals surface area (Å²) in [5.74, 6) is 0.502. The predicted molar refractivity (Wildman–Crippen MR) is 88.4 cm³/mol. The lowest BCUT2D eigenvalue weighted by Gasteiger charge is -2.16. The van der Waals surface area contributed by atoms with Crippen molar-refractivity contribution in [2.45, 2.75) is 49.4 Å². The molecule has 6 nitrogen and oxygen atoms in total. The lowest BCUT2D eigenvalue weighted by atomic mass is 10.2. The molecule has 3 N–H and O–H groups in total. The minimum Gasteiger partial charge on any atom is -0.390 e. The van der Waals surface area contributed by atoms with Gasteiger partial charge in [-0.3, -0.25) is 0 Å². The number of hydrogen-bond acceptors (Lipinski definition) is 5. The van der Waals surface area contributed by atoms with E-state index < -0.39 is 15.6 Å². The molecule has 1 heterocycles. The molecule has 0 fully saturated rings. The highest BCUT2D eigenvalue weighted by Crippen LogP contribution is 2.28. The predicted octanol–water partition coefficient (Wildman–Crippen LogP) is 1.96. The number of aliphatic hydroxyl groups is 1. The van der Waals surface area contributed by atoms with Crippen LogP contribution in [0.3, 0.4) is 0 Å². The third kappa shape index (κ3) is 4.01. The van der Waals surface area contributed by atoms with Gasteiger partial charge in [-0.2, -0.15) is 0 Å². The van der Waals surface area contributed by atoms with Gasteiger partial charge < -0.3 is 9.67 Å². The third-order valence-corrected chi connectivity index (χ3v) is 5.35. The van der Waals surface area contributed by atoms with Gasteiger partial charge in [0.1, 0.15) is 0 Å². The van der Waals surface area contributed by atoms with Gasteiger partial charge in [0.15, 0.2) is 5.16 Å². The van der Waals surface area contributed by atoms with Gasteiger partial charge in [0.2, 0.25) is 10.0 Å². The van der Waals surface area contributed by atoms with Crippen LogP contribution in [-0.2, 0) is 16.6 Å². The number of aryl methyl sites for hydroxylation is 1. The van der Waals surface area contributed by atoms with E-state index in [0.29, 0.717) is 11.3 Å². The molecule has 22 heavy (non-hydrogen) atoms. The van der Waals surface area contributed by atoms with Crippen molar-refractivity contribution in [1.82, 2.24) is 9.55 Å². The van der Waals surface area contributed by atoms with Crippen LogP contribution in [0.25, 0.3) is 11.0 Å². The second-order valence-corrected chi connectivity index (χ2v) is 8.35. The molecule has 1 aromatic heterocycles. The maximum Gasteiger partial charge on any atom is 0.238 e. The highest BCUT2D eigenvalue weighted by molar-refractivity contribution is 7.99. The van der Waals surface area contributed by atoms with Gasteiger partial charge in [-0.1, -0.05) is 18.7 Å². The topological polar surface area (TPSA) is 98.2 Å². The number of imidazole rings is 1. The first-order chi connectivity index (χ1) is 10.1. The van der Waals surface area contributed by atoms with Crippen LogP contribution in [0.4, 0.5) is 0 Å². The molecule has 0 aliphatic carbocycles. The standard InChI is InChI=1S/C14H21N3O3S2/c1-4-7-17-12-6-5-10(22(15,19)20)8-11(12)16-13(17)21-9-14(2,3)18/h5-6,8,18H,4,7,9H2,1-3H3,(H2,15,19,20). The summed E-state index contributed by atoms with van der Waals surface area (Å²) in [7, 11) is -3.74. The van der Waals surface area contributed by atoms with Crippen molar-refractivity contribution in [2.24, 2.45) is 5.14 Å². The quantitative estimate of drug-likeness (QED) is 0.781. The monoisotopic (exact) mass is 343 g/mol. The summed E-state index contributed by atoms with van der Waals surface area (Å²) in [5.41, 5.74) is 0.664. The van der Waals surface area contributed by atoms with Gasteiger partial charge in [-0.25, -0.2) is 18.5 Å². The fraction of sp³-hybridized carbons (Fsp3) is 0.500. The van der Waals surface area contributed by atoms with E-state index in [-0.39, 0.29) is 4.90 Å². The van der Waals surface area contributed by atoms with Crippen molar-refractivity contribution >= 4 is 32.8 Å². The van der Waals surface area contributed by atoms with Crippen molar-refractivity contribution < 1.29 is 13.5 Å². The maximum atomic E-state index is 11.5. The molecular formula is C14H21N3O3S2. The van der Waals surface area contributed by atoms with Gasteiger partial charge >= 0.3 is 0 Å². The molecule has 0 amide bonds. The second-order valence-electron chi connectivity index (χ2n) is 5.84. The Bertz CT molecular complexity index is 776. The van der Waals surface area contributed by atoms with Crippen LogP contribution >= 0.6 is 11.8 Å². The fourth-order valence-electron chi connectivity index (χ4n) is 2.06. The molecule has 8 heteroatoms. The van der Waals surface area contributed by atoms with E-state index in [0.717, 1.165) is 23.6 Å². The van der Waals surface area contributed by atoms with Crippen LogP contribution in [0.1, 0.15) is 27.2 Å². The van der Waals surface area contributed by atoms with Crippen LogP contribution in [0, 0.1) is 0 Å². The number of nitrogens with zero attached hydrogens (tertiary/aromatic N) is 2. The molecule has 0 bridgehead atoms. The van der Waals surface area contributed by atoms with Gasteiger partial charge in [-0.05, 0) is 38.5 Å². The third-order valence-electron chi connectivity index (χ3n) is 3.01. The summed E-state index contributed by atoms with van der Waals surface area (Å²) in [6.45, 7) is 6.33. The summed E-state index contributed by atoms with van der Waals surface area (Å²) < 4.78 is 25.0. The molecule has 0 saturated heterocycles. The van der Waals surface area contributed by atoms with E-state index in [2.05, 4.69) is 11.9 Å². The molecule has 0 aliphatic rings. The Balaban J connectivity index is 2.49. The molecule has 0 unspecified atom stereocenters. The van der Waals surface area contributed by atoms with Crippen molar-refractivity contribution in [2.75, 3.05) is 5.75 Å². The second kappa shape index (κ2) is 6.19. The van der Waals surface area contributed by atoms with E-state index in [1.807, 2.05) is 4.57 Å². The largest absolute Gasteiger partial charge is 0.390 e.